The lowest BCUT2D eigenvalue weighted by Gasteiger charge is -2.54. The third kappa shape index (κ3) is 7.23. The molecule has 0 bridgehead atoms. The van der Waals surface area contributed by atoms with Gasteiger partial charge in [0.25, 0.3) is 0 Å². The van der Waals surface area contributed by atoms with Gasteiger partial charge in [-0.15, -0.1) is 0 Å². The molecule has 0 spiro atoms. The van der Waals surface area contributed by atoms with Gasteiger partial charge in [-0.05, 0) is 73.0 Å². The van der Waals surface area contributed by atoms with E-state index in [0.29, 0.717) is 24.3 Å². The van der Waals surface area contributed by atoms with Gasteiger partial charge in [-0.1, -0.05) is 95.9 Å². The van der Waals surface area contributed by atoms with Gasteiger partial charge in [0.15, 0.2) is 11.6 Å². The number of allylic oxidation sites excluding steroid dienone is 5. The molecule has 3 fully saturated rings. The van der Waals surface area contributed by atoms with Crippen molar-refractivity contribution in [3.63, 3.8) is 0 Å². The first-order valence-corrected chi connectivity index (χ1v) is 16.7. The molecule has 4 aliphatic carbocycles. The van der Waals surface area contributed by atoms with E-state index in [9.17, 15) is 22.8 Å². The van der Waals surface area contributed by atoms with Crippen LogP contribution in [-0.2, 0) is 15.0 Å². The molecule has 0 aromatic heterocycles. The van der Waals surface area contributed by atoms with Crippen LogP contribution in [0.5, 0.6) is 0 Å². The maximum Gasteiger partial charge on any atom is 0.389 e. The summed E-state index contributed by atoms with van der Waals surface area (Å²) in [6, 6.07) is 8.25. The molecule has 4 aliphatic rings. The predicted molar refractivity (Wildman–Crippen MR) is 173 cm³/mol. The molecule has 1 aromatic rings. The Kier molecular flexibility index (Phi) is 9.16. The van der Waals surface area contributed by atoms with E-state index in [4.69, 9.17) is 5.41 Å². The van der Waals surface area contributed by atoms with Gasteiger partial charge in [0.2, 0.25) is 0 Å². The first-order valence-electron chi connectivity index (χ1n) is 16.7. The van der Waals surface area contributed by atoms with E-state index in [1.807, 2.05) is 12.1 Å². The molecule has 0 heterocycles. The van der Waals surface area contributed by atoms with E-state index in [1.165, 1.54) is 0 Å². The maximum absolute atomic E-state index is 13.9. The molecule has 0 aliphatic heterocycles. The average molecular weight is 623 g/mol. The monoisotopic (exact) mass is 622 g/mol. The van der Waals surface area contributed by atoms with Crippen LogP contribution in [0.15, 0.2) is 59.8 Å². The molecule has 0 radical (unpaired) electrons. The Morgan fingerprint density at radius 1 is 1.16 bits per heavy atom. The number of alkyl halides is 3. The van der Waals surface area contributed by atoms with Crippen LogP contribution in [0, 0.1) is 34.0 Å². The third-order valence-corrected chi connectivity index (χ3v) is 10.7. The maximum atomic E-state index is 13.9. The molecule has 244 valence electrons. The minimum atomic E-state index is -4.37. The summed E-state index contributed by atoms with van der Waals surface area (Å²) in [5, 5.41) is 10.5. The molecule has 4 unspecified atom stereocenters. The highest BCUT2D eigenvalue weighted by atomic mass is 19.4. The number of fused-ring (bicyclic) bond motifs is 1. The number of hydrogen-bond acceptors (Lipinski definition) is 3. The number of Topliss-reactive ketones (excluding diaryl/α,β-unsaturated/α-hetero) is 2. The molecule has 5 rings (SSSR count). The number of benzene rings is 1. The summed E-state index contributed by atoms with van der Waals surface area (Å²) >= 11 is 0. The highest BCUT2D eigenvalue weighted by Crippen LogP contribution is 2.63. The number of carbonyl (C=O) groups is 2. The summed E-state index contributed by atoms with van der Waals surface area (Å²) in [5.74, 6) is -1.13. The second-order valence-corrected chi connectivity index (χ2v) is 15.6. The van der Waals surface area contributed by atoms with Gasteiger partial charge in [-0.2, -0.15) is 13.2 Å². The summed E-state index contributed by atoms with van der Waals surface area (Å²) in [5.41, 5.74) is 2.39. The zero-order chi connectivity index (χ0) is 32.8. The van der Waals surface area contributed by atoms with E-state index in [1.54, 1.807) is 12.2 Å². The van der Waals surface area contributed by atoms with Crippen LogP contribution in [0.1, 0.15) is 115 Å². The normalized spacial score (nSPS) is 27.8. The minimum absolute atomic E-state index is 0.0315. The molecule has 2 N–H and O–H groups in total. The first-order chi connectivity index (χ1) is 21.1. The third-order valence-electron chi connectivity index (χ3n) is 10.7. The fourth-order valence-electron chi connectivity index (χ4n) is 8.40. The van der Waals surface area contributed by atoms with Gasteiger partial charge < -0.3 is 5.32 Å². The van der Waals surface area contributed by atoms with Crippen molar-refractivity contribution in [3.05, 3.63) is 71.0 Å². The Balaban J connectivity index is 1.32. The van der Waals surface area contributed by atoms with Gasteiger partial charge in [-0.3, -0.25) is 15.0 Å². The van der Waals surface area contributed by atoms with Crippen molar-refractivity contribution < 1.29 is 22.8 Å². The van der Waals surface area contributed by atoms with Gasteiger partial charge in [-0.25, -0.2) is 0 Å². The number of nitrogens with one attached hydrogen (secondary N) is 2. The molecular formula is C38H49F3N2O2. The quantitative estimate of drug-likeness (QED) is 0.0886. The zero-order valence-electron chi connectivity index (χ0n) is 27.3. The van der Waals surface area contributed by atoms with E-state index >= 15 is 0 Å². The Labute approximate surface area is 266 Å². The molecule has 0 saturated heterocycles. The summed E-state index contributed by atoms with van der Waals surface area (Å²) in [6.45, 7) is 13.1. The number of hydrogen-bond donors (Lipinski definition) is 2. The van der Waals surface area contributed by atoms with Crippen molar-refractivity contribution >= 4 is 17.9 Å². The van der Waals surface area contributed by atoms with Gasteiger partial charge in [0, 0.05) is 28.4 Å². The fraction of sp³-hybridized carbons (Fsp3) is 0.605. The molecule has 45 heavy (non-hydrogen) atoms. The van der Waals surface area contributed by atoms with Gasteiger partial charge in [0.1, 0.15) is 0 Å². The molecule has 7 heteroatoms. The number of unbranched alkanes of at least 4 members (excludes halogenated alkanes) is 3. The van der Waals surface area contributed by atoms with E-state index < -0.39 is 29.7 Å². The van der Waals surface area contributed by atoms with Crippen LogP contribution in [0.25, 0.3) is 0 Å². The van der Waals surface area contributed by atoms with Crippen LogP contribution in [-0.4, -0.2) is 24.1 Å². The average Bonchev–Trinajstić information content (AvgIpc) is 3.85. The highest BCUT2D eigenvalue weighted by molar-refractivity contribution is 6.24. The summed E-state index contributed by atoms with van der Waals surface area (Å²) in [4.78, 5) is 27.5. The largest absolute Gasteiger partial charge is 0.389 e. The van der Waals surface area contributed by atoms with Crippen molar-refractivity contribution in [2.75, 3.05) is 0 Å². The van der Waals surface area contributed by atoms with Crippen molar-refractivity contribution in [3.8, 4) is 0 Å². The summed E-state index contributed by atoms with van der Waals surface area (Å²) < 4.78 is 40.9. The lowest BCUT2D eigenvalue weighted by atomic mass is 9.50. The number of ketones is 2. The molecule has 4 nitrogen and oxygen atoms in total. The Morgan fingerprint density at radius 3 is 2.51 bits per heavy atom. The van der Waals surface area contributed by atoms with Gasteiger partial charge >= 0.3 is 6.18 Å². The fourth-order valence-corrected chi connectivity index (χ4v) is 8.40. The molecule has 4 atom stereocenters. The Morgan fingerprint density at radius 2 is 1.87 bits per heavy atom. The Bertz CT molecular complexity index is 1410. The van der Waals surface area contributed by atoms with Crippen molar-refractivity contribution in [1.29, 1.82) is 5.41 Å². The summed E-state index contributed by atoms with van der Waals surface area (Å²) in [7, 11) is 0. The van der Waals surface area contributed by atoms with E-state index in [2.05, 4.69) is 51.7 Å². The van der Waals surface area contributed by atoms with Crippen molar-refractivity contribution in [2.45, 2.75) is 116 Å². The highest BCUT2D eigenvalue weighted by Gasteiger charge is 2.63. The summed E-state index contributed by atoms with van der Waals surface area (Å²) in [6.07, 6.45) is 7.44. The van der Waals surface area contributed by atoms with Crippen LogP contribution in [0.3, 0.4) is 0 Å². The van der Waals surface area contributed by atoms with Gasteiger partial charge in [0.05, 0.1) is 18.3 Å². The zero-order valence-corrected chi connectivity index (χ0v) is 27.3. The molecule has 0 amide bonds. The second kappa shape index (κ2) is 12.3. The number of carbonyl (C=O) groups excluding carboxylic acids is 2. The van der Waals surface area contributed by atoms with Crippen molar-refractivity contribution in [1.82, 2.24) is 5.32 Å². The topological polar surface area (TPSA) is 70.0 Å². The smallest absolute Gasteiger partial charge is 0.350 e. The van der Waals surface area contributed by atoms with Crippen LogP contribution < -0.4 is 5.32 Å². The predicted octanol–water partition coefficient (Wildman–Crippen LogP) is 9.52. The second-order valence-electron chi connectivity index (χ2n) is 15.6. The van der Waals surface area contributed by atoms with Crippen molar-refractivity contribution in [2.24, 2.45) is 28.6 Å². The van der Waals surface area contributed by atoms with Crippen LogP contribution >= 0.6 is 0 Å². The molecule has 3 saturated carbocycles. The van der Waals surface area contributed by atoms with E-state index in [-0.39, 0.29) is 40.4 Å². The van der Waals surface area contributed by atoms with E-state index in [0.717, 1.165) is 68.1 Å². The first kappa shape index (κ1) is 33.4. The van der Waals surface area contributed by atoms with Crippen LogP contribution in [0.2, 0.25) is 0 Å². The molecular weight excluding hydrogens is 573 g/mol. The molecule has 1 aromatic carbocycles. The number of rotatable bonds is 15. The lowest BCUT2D eigenvalue weighted by molar-refractivity contribution is -0.145. The van der Waals surface area contributed by atoms with Crippen LogP contribution in [0.4, 0.5) is 13.2 Å². The Hall–Kier alpha value is -2.96. The SMILES string of the molecule is C=C(NC=N)C1(c2cccc(C3CC3C(=O)C3=CC(CCCCCCC(C)C)=CC4(CC(F)(F)F)CC4C3=O)c2)CC(C)(C)C1. The minimum Gasteiger partial charge on any atom is -0.350 e. The standard InChI is InChI=1S/C38H49F3N2O2/c1-24(2)11-8-6-7-9-12-26-15-31(34(45)32-19-36(32,18-26)22-38(39,40)41)33(44)30-17-29(30)27-13-10-14-28(16-27)37(25(3)43-23-42)20-35(4,5)21-37/h10,13-16,18,23-24,29-30,32H,3,6-9,11-12,17,19-22H2,1-2,4-5H3,(H2,42,43). The number of halogens is 3. The lowest BCUT2D eigenvalue weighted by Crippen LogP contribution is -2.50.